The zero-order valence-corrected chi connectivity index (χ0v) is 10.9. The van der Waals surface area contributed by atoms with Gasteiger partial charge in [-0.1, -0.05) is 23.2 Å². The Balaban J connectivity index is 2.42. The zero-order chi connectivity index (χ0) is 14.0. The van der Waals surface area contributed by atoms with E-state index in [9.17, 15) is 9.18 Å². The van der Waals surface area contributed by atoms with Crippen LogP contribution in [0.25, 0.3) is 0 Å². The Morgan fingerprint density at radius 2 is 1.84 bits per heavy atom. The van der Waals surface area contributed by atoms with Crippen LogP contribution in [0.5, 0.6) is 11.5 Å². The van der Waals surface area contributed by atoms with Gasteiger partial charge in [0.15, 0.2) is 0 Å². The van der Waals surface area contributed by atoms with Crippen LogP contribution in [0.3, 0.4) is 0 Å². The van der Waals surface area contributed by atoms with E-state index >= 15 is 0 Å². The number of hydrogen-bond donors (Lipinski definition) is 1. The van der Waals surface area contributed by atoms with Crippen molar-refractivity contribution >= 4 is 29.2 Å². The van der Waals surface area contributed by atoms with Gasteiger partial charge in [-0.05, 0) is 30.3 Å². The van der Waals surface area contributed by atoms with E-state index < -0.39 is 11.8 Å². The summed E-state index contributed by atoms with van der Waals surface area (Å²) in [6.07, 6.45) is 0. The lowest BCUT2D eigenvalue weighted by Gasteiger charge is -2.10. The standard InChI is InChI=1S/C13H7Cl2FO3/c14-7-1-3-9(13(17)18)12(5-7)19-11-4-2-8(16)6-10(11)15/h1-6H,(H,17,18). The van der Waals surface area contributed by atoms with Crippen molar-refractivity contribution in [3.63, 3.8) is 0 Å². The van der Waals surface area contributed by atoms with Crippen molar-refractivity contribution in [2.24, 2.45) is 0 Å². The lowest BCUT2D eigenvalue weighted by molar-refractivity contribution is 0.0694. The fourth-order valence-electron chi connectivity index (χ4n) is 1.43. The summed E-state index contributed by atoms with van der Waals surface area (Å²) < 4.78 is 18.3. The molecule has 0 bridgehead atoms. The normalized spacial score (nSPS) is 10.3. The number of carbonyl (C=O) groups is 1. The Labute approximate surface area is 118 Å². The predicted octanol–water partition coefficient (Wildman–Crippen LogP) is 4.62. The van der Waals surface area contributed by atoms with Crippen LogP contribution in [0, 0.1) is 5.82 Å². The second-order valence-electron chi connectivity index (χ2n) is 3.62. The minimum atomic E-state index is -1.16. The molecule has 0 fully saturated rings. The van der Waals surface area contributed by atoms with E-state index in [1.807, 2.05) is 0 Å². The number of halogens is 3. The average Bonchev–Trinajstić information content (AvgIpc) is 2.32. The summed E-state index contributed by atoms with van der Waals surface area (Å²) >= 11 is 11.6. The summed E-state index contributed by atoms with van der Waals surface area (Å²) in [7, 11) is 0. The van der Waals surface area contributed by atoms with Gasteiger partial charge in [0.05, 0.1) is 5.02 Å². The molecule has 2 aromatic rings. The van der Waals surface area contributed by atoms with E-state index in [0.29, 0.717) is 5.02 Å². The monoisotopic (exact) mass is 300 g/mol. The third-order valence-corrected chi connectivity index (χ3v) is 2.82. The maximum atomic E-state index is 12.9. The third kappa shape index (κ3) is 3.16. The molecular formula is C13H7Cl2FO3. The SMILES string of the molecule is O=C(O)c1ccc(Cl)cc1Oc1ccc(F)cc1Cl. The first-order valence-electron chi connectivity index (χ1n) is 5.13. The number of rotatable bonds is 3. The molecule has 0 aromatic heterocycles. The Kier molecular flexibility index (Phi) is 3.93. The summed E-state index contributed by atoms with van der Waals surface area (Å²) in [5.74, 6) is -1.49. The molecule has 6 heteroatoms. The summed E-state index contributed by atoms with van der Waals surface area (Å²) in [6.45, 7) is 0. The molecule has 0 amide bonds. The van der Waals surface area contributed by atoms with Gasteiger partial charge in [0.2, 0.25) is 0 Å². The van der Waals surface area contributed by atoms with Gasteiger partial charge < -0.3 is 9.84 Å². The fraction of sp³-hybridized carbons (Fsp3) is 0. The van der Waals surface area contributed by atoms with Crippen molar-refractivity contribution in [2.75, 3.05) is 0 Å². The van der Waals surface area contributed by atoms with Gasteiger partial charge in [-0.15, -0.1) is 0 Å². The number of carboxylic acids is 1. The summed E-state index contributed by atoms with van der Waals surface area (Å²) in [5.41, 5.74) is -0.0650. The van der Waals surface area contributed by atoms with Crippen molar-refractivity contribution in [3.05, 3.63) is 57.8 Å². The van der Waals surface area contributed by atoms with Gasteiger partial charge in [-0.2, -0.15) is 0 Å². The van der Waals surface area contributed by atoms with Crippen LogP contribution < -0.4 is 4.74 Å². The molecular weight excluding hydrogens is 294 g/mol. The molecule has 0 spiro atoms. The molecule has 2 aromatic carbocycles. The summed E-state index contributed by atoms with van der Waals surface area (Å²) in [4.78, 5) is 11.0. The molecule has 0 saturated carbocycles. The first-order valence-corrected chi connectivity index (χ1v) is 5.88. The number of benzene rings is 2. The highest BCUT2D eigenvalue weighted by Crippen LogP contribution is 2.33. The third-order valence-electron chi connectivity index (χ3n) is 2.29. The van der Waals surface area contributed by atoms with Crippen molar-refractivity contribution in [1.29, 1.82) is 0 Å². The molecule has 19 heavy (non-hydrogen) atoms. The number of ether oxygens (including phenoxy) is 1. The first-order chi connectivity index (χ1) is 8.97. The number of carboxylic acid groups (broad SMARTS) is 1. The molecule has 0 aliphatic carbocycles. The Morgan fingerprint density at radius 1 is 1.11 bits per heavy atom. The maximum Gasteiger partial charge on any atom is 0.339 e. The maximum absolute atomic E-state index is 12.9. The Bertz CT molecular complexity index is 644. The van der Waals surface area contributed by atoms with Gasteiger partial charge in [0, 0.05) is 11.1 Å². The van der Waals surface area contributed by atoms with E-state index in [-0.39, 0.29) is 22.1 Å². The highest BCUT2D eigenvalue weighted by molar-refractivity contribution is 6.32. The Morgan fingerprint density at radius 3 is 2.47 bits per heavy atom. The zero-order valence-electron chi connectivity index (χ0n) is 9.36. The smallest absolute Gasteiger partial charge is 0.339 e. The van der Waals surface area contributed by atoms with Crippen LogP contribution in [0.4, 0.5) is 4.39 Å². The second-order valence-corrected chi connectivity index (χ2v) is 4.47. The second kappa shape index (κ2) is 5.47. The lowest BCUT2D eigenvalue weighted by Crippen LogP contribution is -2.00. The van der Waals surface area contributed by atoms with Gasteiger partial charge in [0.25, 0.3) is 0 Å². The van der Waals surface area contributed by atoms with Crippen LogP contribution in [0.2, 0.25) is 10.0 Å². The van der Waals surface area contributed by atoms with Crippen LogP contribution in [-0.2, 0) is 0 Å². The molecule has 3 nitrogen and oxygen atoms in total. The van der Waals surface area contributed by atoms with E-state index in [1.165, 1.54) is 24.3 Å². The highest BCUT2D eigenvalue weighted by atomic mass is 35.5. The predicted molar refractivity (Wildman–Crippen MR) is 69.9 cm³/mol. The van der Waals surface area contributed by atoms with Gasteiger partial charge in [0.1, 0.15) is 22.9 Å². The van der Waals surface area contributed by atoms with Crippen LogP contribution >= 0.6 is 23.2 Å². The molecule has 98 valence electrons. The largest absolute Gasteiger partial charge is 0.478 e. The van der Waals surface area contributed by atoms with Crippen molar-refractivity contribution < 1.29 is 19.0 Å². The van der Waals surface area contributed by atoms with Crippen LogP contribution in [0.15, 0.2) is 36.4 Å². The molecule has 0 atom stereocenters. The minimum absolute atomic E-state index is 0.0357. The number of hydrogen-bond acceptors (Lipinski definition) is 2. The van der Waals surface area contributed by atoms with Gasteiger partial charge >= 0.3 is 5.97 Å². The first kappa shape index (κ1) is 13.6. The molecule has 0 aliphatic heterocycles. The quantitative estimate of drug-likeness (QED) is 0.899. The molecule has 0 radical (unpaired) electrons. The Hall–Kier alpha value is -1.78. The van der Waals surface area contributed by atoms with Crippen molar-refractivity contribution in [2.45, 2.75) is 0 Å². The fourth-order valence-corrected chi connectivity index (χ4v) is 1.80. The van der Waals surface area contributed by atoms with E-state index in [2.05, 4.69) is 0 Å². The molecule has 0 unspecified atom stereocenters. The van der Waals surface area contributed by atoms with Gasteiger partial charge in [-0.3, -0.25) is 0 Å². The minimum Gasteiger partial charge on any atom is -0.478 e. The molecule has 1 N–H and O–H groups in total. The van der Waals surface area contributed by atoms with Crippen LogP contribution in [0.1, 0.15) is 10.4 Å². The molecule has 0 aliphatic rings. The topological polar surface area (TPSA) is 46.5 Å². The highest BCUT2D eigenvalue weighted by Gasteiger charge is 2.14. The van der Waals surface area contributed by atoms with E-state index in [0.717, 1.165) is 12.1 Å². The van der Waals surface area contributed by atoms with Crippen molar-refractivity contribution in [3.8, 4) is 11.5 Å². The van der Waals surface area contributed by atoms with Crippen LogP contribution in [-0.4, -0.2) is 11.1 Å². The molecule has 0 saturated heterocycles. The van der Waals surface area contributed by atoms with E-state index in [1.54, 1.807) is 0 Å². The average molecular weight is 301 g/mol. The van der Waals surface area contributed by atoms with E-state index in [4.69, 9.17) is 33.0 Å². The van der Waals surface area contributed by atoms with Gasteiger partial charge in [-0.25, -0.2) is 9.18 Å². The number of aromatic carboxylic acids is 1. The summed E-state index contributed by atoms with van der Waals surface area (Å²) in [6, 6.07) is 7.64. The molecule has 0 heterocycles. The van der Waals surface area contributed by atoms with Crippen molar-refractivity contribution in [1.82, 2.24) is 0 Å². The summed E-state index contributed by atoms with van der Waals surface area (Å²) in [5, 5.41) is 9.39. The molecule has 2 rings (SSSR count). The lowest BCUT2D eigenvalue weighted by atomic mass is 10.2.